The number of carbonyl (C=O) groups excluding carboxylic acids is 1. The molecule has 0 bridgehead atoms. The Bertz CT molecular complexity index is 1180. The maximum Gasteiger partial charge on any atom is 0.328 e. The van der Waals surface area contributed by atoms with E-state index in [0.29, 0.717) is 6.61 Å². The van der Waals surface area contributed by atoms with E-state index < -0.39 is 0 Å². The van der Waals surface area contributed by atoms with Crippen molar-refractivity contribution >= 4 is 34.4 Å². The minimum atomic E-state index is -0.213. The lowest BCUT2D eigenvalue weighted by Gasteiger charge is -2.22. The Morgan fingerprint density at radius 2 is 1.71 bits per heavy atom. The van der Waals surface area contributed by atoms with Gasteiger partial charge in [0, 0.05) is 33.3 Å². The van der Waals surface area contributed by atoms with E-state index in [4.69, 9.17) is 4.74 Å². The van der Waals surface area contributed by atoms with Crippen LogP contribution in [-0.4, -0.2) is 34.7 Å². The fourth-order valence-electron chi connectivity index (χ4n) is 4.04. The minimum absolute atomic E-state index is 0.0822. The number of hydrogen-bond donors (Lipinski definition) is 1. The highest BCUT2D eigenvalue weighted by atomic mass is 16.5. The summed E-state index contributed by atoms with van der Waals surface area (Å²) in [6.07, 6.45) is 5.54. The molecule has 0 radical (unpaired) electrons. The average molecular weight is 421 g/mol. The highest BCUT2D eigenvalue weighted by molar-refractivity contribution is 6.05. The predicted octanol–water partition coefficient (Wildman–Crippen LogP) is 3.53. The topological polar surface area (TPSA) is 68.5 Å². The van der Waals surface area contributed by atoms with E-state index in [0.717, 1.165) is 59.7 Å². The van der Waals surface area contributed by atoms with E-state index >= 15 is 0 Å². The first-order valence-electron chi connectivity index (χ1n) is 10.6. The second-order valence-corrected chi connectivity index (χ2v) is 7.78. The summed E-state index contributed by atoms with van der Waals surface area (Å²) >= 11 is 0. The fraction of sp³-hybridized carbons (Fsp3) is 0.333. The highest BCUT2D eigenvalue weighted by Gasteiger charge is 2.20. The van der Waals surface area contributed by atoms with Crippen molar-refractivity contribution in [1.29, 1.82) is 0 Å². The van der Waals surface area contributed by atoms with E-state index in [1.54, 1.807) is 29.3 Å². The Hall–Kier alpha value is -3.48. The molecule has 1 N–H and O–H groups in total. The number of aryl methyl sites for hydroxylation is 2. The molecule has 4 rings (SSSR count). The van der Waals surface area contributed by atoms with Gasteiger partial charge in [0.1, 0.15) is 5.75 Å². The zero-order valence-corrected chi connectivity index (χ0v) is 18.2. The largest absolute Gasteiger partial charge is 0.494 e. The maximum absolute atomic E-state index is 12.7. The molecule has 1 amide bonds. The van der Waals surface area contributed by atoms with Crippen LogP contribution in [0.4, 0.5) is 11.4 Å². The predicted molar refractivity (Wildman–Crippen MR) is 125 cm³/mol. The van der Waals surface area contributed by atoms with Crippen LogP contribution in [0.1, 0.15) is 25.3 Å². The summed E-state index contributed by atoms with van der Waals surface area (Å²) in [5, 5.41) is 3.02. The van der Waals surface area contributed by atoms with Crippen LogP contribution >= 0.6 is 0 Å². The maximum atomic E-state index is 12.7. The summed E-state index contributed by atoms with van der Waals surface area (Å²) in [6, 6.07) is 11.5. The molecule has 3 aromatic rings. The number of hydrogen-bond acceptors (Lipinski definition) is 4. The fourth-order valence-corrected chi connectivity index (χ4v) is 4.04. The third-order valence-corrected chi connectivity index (χ3v) is 5.71. The number of ether oxygens (including phenoxy) is 1. The molecule has 7 nitrogen and oxygen atoms in total. The van der Waals surface area contributed by atoms with Gasteiger partial charge < -0.3 is 15.0 Å². The Labute approximate surface area is 181 Å². The van der Waals surface area contributed by atoms with Crippen LogP contribution in [0.5, 0.6) is 5.75 Å². The van der Waals surface area contributed by atoms with Gasteiger partial charge in [-0.05, 0) is 55.7 Å². The van der Waals surface area contributed by atoms with Crippen LogP contribution in [0.2, 0.25) is 0 Å². The second-order valence-electron chi connectivity index (χ2n) is 7.78. The molecule has 1 aromatic heterocycles. The van der Waals surface area contributed by atoms with Crippen LogP contribution in [0.3, 0.4) is 0 Å². The van der Waals surface area contributed by atoms with Crippen LogP contribution in [-0.2, 0) is 18.9 Å². The van der Waals surface area contributed by atoms with Crippen molar-refractivity contribution in [2.75, 3.05) is 29.9 Å². The first kappa shape index (κ1) is 20.8. The number of nitrogens with zero attached hydrogens (tertiary/aromatic N) is 3. The van der Waals surface area contributed by atoms with E-state index in [2.05, 4.69) is 10.2 Å². The van der Waals surface area contributed by atoms with E-state index in [1.807, 2.05) is 43.3 Å². The van der Waals surface area contributed by atoms with E-state index in [1.165, 1.54) is 6.08 Å². The quantitative estimate of drug-likeness (QED) is 0.620. The summed E-state index contributed by atoms with van der Waals surface area (Å²) in [5.41, 5.74) is 4.16. The number of anilines is 2. The Balaban J connectivity index is 1.61. The van der Waals surface area contributed by atoms with Crippen LogP contribution in [0, 0.1) is 0 Å². The Morgan fingerprint density at radius 1 is 1.06 bits per heavy atom. The van der Waals surface area contributed by atoms with Gasteiger partial charge in [0.2, 0.25) is 5.91 Å². The van der Waals surface area contributed by atoms with E-state index in [-0.39, 0.29) is 11.6 Å². The summed E-state index contributed by atoms with van der Waals surface area (Å²) in [5.74, 6) is 0.593. The number of rotatable bonds is 6. The lowest BCUT2D eigenvalue weighted by molar-refractivity contribution is -0.111. The molecule has 1 aliphatic heterocycles. The van der Waals surface area contributed by atoms with Gasteiger partial charge in [-0.1, -0.05) is 12.1 Å². The molecule has 0 aliphatic carbocycles. The molecular weight excluding hydrogens is 392 g/mol. The van der Waals surface area contributed by atoms with Crippen molar-refractivity contribution in [2.45, 2.75) is 19.8 Å². The molecule has 1 fully saturated rings. The molecule has 1 saturated heterocycles. The summed E-state index contributed by atoms with van der Waals surface area (Å²) < 4.78 is 8.70. The monoisotopic (exact) mass is 420 g/mol. The standard InChI is InChI=1S/C24H28N4O3/c1-4-31-18-10-7-17(8-11-18)9-12-23(29)25-19-15-21-22(27(3)24(30)26(21)2)16-20(19)28-13-5-6-14-28/h7-12,15-16H,4-6,13-14H2,1-3H3,(H,25,29). The summed E-state index contributed by atoms with van der Waals surface area (Å²) in [4.78, 5) is 27.4. The number of amides is 1. The van der Waals surface area contributed by atoms with Crippen LogP contribution in [0.25, 0.3) is 17.1 Å². The number of benzene rings is 2. The molecule has 0 saturated carbocycles. The second kappa shape index (κ2) is 8.71. The molecule has 0 unspecified atom stereocenters. The van der Waals surface area contributed by atoms with Crippen molar-refractivity contribution in [1.82, 2.24) is 9.13 Å². The first-order chi connectivity index (χ1) is 15.0. The van der Waals surface area contributed by atoms with Gasteiger partial charge in [-0.25, -0.2) is 4.79 Å². The third-order valence-electron chi connectivity index (χ3n) is 5.71. The van der Waals surface area contributed by atoms with Crippen molar-refractivity contribution in [3.63, 3.8) is 0 Å². The number of carbonyl (C=O) groups is 1. The van der Waals surface area contributed by atoms with Gasteiger partial charge >= 0.3 is 5.69 Å². The molecular formula is C24H28N4O3. The van der Waals surface area contributed by atoms with Crippen LogP contribution in [0.15, 0.2) is 47.3 Å². The van der Waals surface area contributed by atoms with Crippen LogP contribution < -0.4 is 20.6 Å². The molecule has 0 spiro atoms. The number of fused-ring (bicyclic) bond motifs is 1. The van der Waals surface area contributed by atoms with Crippen molar-refractivity contribution in [2.24, 2.45) is 14.1 Å². The smallest absolute Gasteiger partial charge is 0.328 e. The number of imidazole rings is 1. The minimum Gasteiger partial charge on any atom is -0.494 e. The zero-order valence-electron chi connectivity index (χ0n) is 18.2. The molecule has 162 valence electrons. The Kier molecular flexibility index (Phi) is 5.84. The highest BCUT2D eigenvalue weighted by Crippen LogP contribution is 2.33. The van der Waals surface area contributed by atoms with Gasteiger partial charge in [-0.15, -0.1) is 0 Å². The molecule has 1 aliphatic rings. The molecule has 0 atom stereocenters. The lowest BCUT2D eigenvalue weighted by atomic mass is 10.2. The number of aromatic nitrogens is 2. The average Bonchev–Trinajstić information content (AvgIpc) is 3.37. The number of nitrogens with one attached hydrogen (secondary N) is 1. The van der Waals surface area contributed by atoms with E-state index in [9.17, 15) is 9.59 Å². The van der Waals surface area contributed by atoms with Gasteiger partial charge in [0.15, 0.2) is 0 Å². The SMILES string of the molecule is CCOc1ccc(C=CC(=O)Nc2cc3c(cc2N2CCCC2)n(C)c(=O)n3C)cc1. The van der Waals surface area contributed by atoms with Gasteiger partial charge in [-0.2, -0.15) is 0 Å². The Morgan fingerprint density at radius 3 is 2.35 bits per heavy atom. The van der Waals surface area contributed by atoms with Crippen molar-refractivity contribution in [3.05, 3.63) is 58.5 Å². The third kappa shape index (κ3) is 4.21. The van der Waals surface area contributed by atoms with Crippen molar-refractivity contribution < 1.29 is 9.53 Å². The summed E-state index contributed by atoms with van der Waals surface area (Å²) in [6.45, 7) is 4.45. The first-order valence-corrected chi connectivity index (χ1v) is 10.6. The van der Waals surface area contributed by atoms with Gasteiger partial charge in [0.25, 0.3) is 0 Å². The van der Waals surface area contributed by atoms with Gasteiger partial charge in [0.05, 0.1) is 29.0 Å². The summed E-state index contributed by atoms with van der Waals surface area (Å²) in [7, 11) is 3.52. The lowest BCUT2D eigenvalue weighted by Crippen LogP contribution is -2.20. The normalized spacial score (nSPS) is 14.0. The zero-order chi connectivity index (χ0) is 22.0. The van der Waals surface area contributed by atoms with Crippen molar-refractivity contribution in [3.8, 4) is 5.75 Å². The molecule has 2 heterocycles. The molecule has 31 heavy (non-hydrogen) atoms. The molecule has 2 aromatic carbocycles. The molecule has 7 heteroatoms. The van der Waals surface area contributed by atoms with Gasteiger partial charge in [-0.3, -0.25) is 13.9 Å².